The van der Waals surface area contributed by atoms with E-state index in [0.29, 0.717) is 10.4 Å². The van der Waals surface area contributed by atoms with Crippen molar-refractivity contribution < 1.29 is 32.5 Å². The number of benzene rings is 2. The molecule has 0 aliphatic carbocycles. The molecule has 11 nitrogen and oxygen atoms in total. The summed E-state index contributed by atoms with van der Waals surface area (Å²) in [5.41, 5.74) is -2.17. The van der Waals surface area contributed by atoms with Gasteiger partial charge < -0.3 is 10.1 Å². The Morgan fingerprint density at radius 3 is 2.11 bits per heavy atom. The van der Waals surface area contributed by atoms with Crippen LogP contribution in [0.25, 0.3) is 0 Å². The van der Waals surface area contributed by atoms with Crippen LogP contribution in [-0.2, 0) is 17.5 Å². The fourth-order valence-electron chi connectivity index (χ4n) is 3.38. The van der Waals surface area contributed by atoms with Crippen molar-refractivity contribution in [2.45, 2.75) is 33.5 Å². The van der Waals surface area contributed by atoms with Crippen LogP contribution in [0.15, 0.2) is 36.4 Å². The van der Waals surface area contributed by atoms with Gasteiger partial charge in [-0.05, 0) is 44.0 Å². The number of nitrogens with zero attached hydrogens (tertiary/aromatic N) is 4. The number of carbonyl (C=O) groups is 1. The number of rotatable bonds is 7. The van der Waals surface area contributed by atoms with Gasteiger partial charge in [-0.25, -0.2) is 0 Å². The average molecular weight is 493 g/mol. The maximum absolute atomic E-state index is 13.1. The largest absolute Gasteiger partial charge is 0.457 e. The van der Waals surface area contributed by atoms with Gasteiger partial charge in [-0.1, -0.05) is 6.07 Å². The molecule has 0 unspecified atom stereocenters. The lowest BCUT2D eigenvalue weighted by molar-refractivity contribution is -0.388. The van der Waals surface area contributed by atoms with Crippen molar-refractivity contribution >= 4 is 23.0 Å². The second-order valence-corrected chi connectivity index (χ2v) is 7.64. The quantitative estimate of drug-likeness (QED) is 0.357. The van der Waals surface area contributed by atoms with Gasteiger partial charge in [-0.15, -0.1) is 0 Å². The van der Waals surface area contributed by atoms with Crippen molar-refractivity contribution in [3.63, 3.8) is 0 Å². The van der Waals surface area contributed by atoms with E-state index in [1.165, 1.54) is 6.07 Å². The Kier molecular flexibility index (Phi) is 6.75. The molecule has 2 aromatic carbocycles. The number of hydrogen-bond acceptors (Lipinski definition) is 7. The Bertz CT molecular complexity index is 1320. The molecule has 1 N–H and O–H groups in total. The van der Waals surface area contributed by atoms with Crippen molar-refractivity contribution in [2.75, 3.05) is 5.32 Å². The van der Waals surface area contributed by atoms with Gasteiger partial charge in [-0.3, -0.25) is 29.7 Å². The van der Waals surface area contributed by atoms with Crippen LogP contribution in [0.4, 0.5) is 30.2 Å². The summed E-state index contributed by atoms with van der Waals surface area (Å²) in [7, 11) is 0. The van der Waals surface area contributed by atoms with Gasteiger partial charge in [0, 0.05) is 12.1 Å². The number of aromatic nitrogens is 2. The Hall–Kier alpha value is -4.49. The lowest BCUT2D eigenvalue weighted by Gasteiger charge is -2.11. The molecule has 0 spiro atoms. The fourth-order valence-corrected chi connectivity index (χ4v) is 3.38. The number of anilines is 1. The summed E-state index contributed by atoms with van der Waals surface area (Å²) in [6, 6.07) is 8.78. The number of hydrogen-bond donors (Lipinski definition) is 1. The first-order chi connectivity index (χ1) is 16.2. The Balaban J connectivity index is 1.88. The first kappa shape index (κ1) is 25.1. The molecule has 3 rings (SSSR count). The van der Waals surface area contributed by atoms with Crippen molar-refractivity contribution in [1.29, 1.82) is 0 Å². The highest BCUT2D eigenvalue weighted by Crippen LogP contribution is 2.37. The molecule has 35 heavy (non-hydrogen) atoms. The van der Waals surface area contributed by atoms with E-state index in [4.69, 9.17) is 4.74 Å². The molecule has 0 aliphatic rings. The molecule has 0 atom stereocenters. The van der Waals surface area contributed by atoms with Gasteiger partial charge in [0.25, 0.3) is 5.69 Å². The molecule has 0 aliphatic heterocycles. The first-order valence-corrected chi connectivity index (χ1v) is 9.89. The van der Waals surface area contributed by atoms with E-state index in [1.807, 2.05) is 19.9 Å². The molecule has 0 saturated heterocycles. The molecule has 1 amide bonds. The van der Waals surface area contributed by atoms with Gasteiger partial charge >= 0.3 is 11.9 Å². The smallest absolute Gasteiger partial charge is 0.442 e. The zero-order valence-electron chi connectivity index (χ0n) is 18.5. The predicted octanol–water partition coefficient (Wildman–Crippen LogP) is 5.07. The summed E-state index contributed by atoms with van der Waals surface area (Å²) in [5.74, 6) is -0.485. The van der Waals surface area contributed by atoms with E-state index in [1.54, 1.807) is 12.1 Å². The molecular formula is C21H18F3N5O6. The topological polar surface area (TPSA) is 142 Å². The minimum Gasteiger partial charge on any atom is -0.457 e. The Morgan fingerprint density at radius 2 is 1.60 bits per heavy atom. The molecule has 0 bridgehead atoms. The van der Waals surface area contributed by atoms with Crippen LogP contribution in [-0.4, -0.2) is 25.5 Å². The lowest BCUT2D eigenvalue weighted by Crippen LogP contribution is -2.21. The van der Waals surface area contributed by atoms with E-state index >= 15 is 0 Å². The second-order valence-electron chi connectivity index (χ2n) is 7.64. The summed E-state index contributed by atoms with van der Waals surface area (Å²) in [6.45, 7) is 3.89. The van der Waals surface area contributed by atoms with Crippen molar-refractivity contribution in [2.24, 2.45) is 0 Å². The highest BCUT2D eigenvalue weighted by Gasteiger charge is 2.44. The molecule has 1 heterocycles. The summed E-state index contributed by atoms with van der Waals surface area (Å²) in [5, 5.41) is 27.9. The molecular weight excluding hydrogens is 475 g/mol. The summed E-state index contributed by atoms with van der Waals surface area (Å²) in [4.78, 5) is 33.0. The molecule has 14 heteroatoms. The van der Waals surface area contributed by atoms with E-state index in [2.05, 4.69) is 10.4 Å². The lowest BCUT2D eigenvalue weighted by atomic mass is 10.1. The number of carbonyl (C=O) groups excluding carboxylic acids is 1. The predicted molar refractivity (Wildman–Crippen MR) is 116 cm³/mol. The number of non-ortho nitro benzene ring substituents is 1. The minimum atomic E-state index is -5.10. The molecule has 0 radical (unpaired) electrons. The van der Waals surface area contributed by atoms with E-state index < -0.39 is 51.2 Å². The van der Waals surface area contributed by atoms with Crippen molar-refractivity contribution in [3.05, 3.63) is 79.1 Å². The van der Waals surface area contributed by atoms with E-state index in [9.17, 15) is 38.2 Å². The van der Waals surface area contributed by atoms with E-state index in [0.717, 1.165) is 30.2 Å². The first-order valence-electron chi connectivity index (χ1n) is 9.89. The van der Waals surface area contributed by atoms with Crippen molar-refractivity contribution in [3.8, 4) is 11.5 Å². The highest BCUT2D eigenvalue weighted by molar-refractivity contribution is 5.91. The van der Waals surface area contributed by atoms with Crippen LogP contribution in [0.5, 0.6) is 11.5 Å². The van der Waals surface area contributed by atoms with Gasteiger partial charge in [0.2, 0.25) is 11.6 Å². The van der Waals surface area contributed by atoms with Crippen LogP contribution in [0.1, 0.15) is 22.5 Å². The minimum absolute atomic E-state index is 0.0322. The fraction of sp³-hybridized carbons (Fsp3) is 0.238. The normalized spacial score (nSPS) is 11.3. The summed E-state index contributed by atoms with van der Waals surface area (Å²) >= 11 is 0. The number of ether oxygens (including phenoxy) is 1. The SMILES string of the molecule is Cc1cc(C)cc(Oc2cc(NC(=O)Cn3nc(C(F)(F)F)c([N+](=O)[O-])c3C)cc([N+](=O)[O-])c2)c1. The average Bonchev–Trinajstić information content (AvgIpc) is 3.03. The third-order valence-electron chi connectivity index (χ3n) is 4.74. The number of amides is 1. The molecule has 184 valence electrons. The molecule has 1 aromatic heterocycles. The second kappa shape index (κ2) is 9.40. The number of nitro groups is 2. The monoisotopic (exact) mass is 493 g/mol. The zero-order valence-corrected chi connectivity index (χ0v) is 18.5. The zero-order chi connectivity index (χ0) is 26.1. The van der Waals surface area contributed by atoms with Crippen LogP contribution in [0.2, 0.25) is 0 Å². The summed E-state index contributed by atoms with van der Waals surface area (Å²) in [6.07, 6.45) is -5.10. The maximum Gasteiger partial charge on any atom is 0.442 e. The van der Waals surface area contributed by atoms with Gasteiger partial charge in [0.05, 0.1) is 21.6 Å². The number of aryl methyl sites for hydroxylation is 2. The molecule has 3 aromatic rings. The molecule has 0 saturated carbocycles. The van der Waals surface area contributed by atoms with Crippen LogP contribution < -0.4 is 10.1 Å². The summed E-state index contributed by atoms with van der Waals surface area (Å²) < 4.78 is 45.6. The number of alkyl halides is 3. The van der Waals surface area contributed by atoms with Gasteiger partial charge in [0.15, 0.2) is 0 Å². The van der Waals surface area contributed by atoms with Crippen molar-refractivity contribution in [1.82, 2.24) is 9.78 Å². The Labute approximate surface area is 195 Å². The Morgan fingerprint density at radius 1 is 1.00 bits per heavy atom. The number of halogens is 3. The third kappa shape index (κ3) is 5.90. The molecule has 0 fully saturated rings. The van der Waals surface area contributed by atoms with Crippen LogP contribution in [0, 0.1) is 41.0 Å². The van der Waals surface area contributed by atoms with Gasteiger partial charge in [0.1, 0.15) is 23.7 Å². The standard InChI is InChI=1S/C21H18F3N5O6/c1-11-4-12(2)6-16(5-11)35-17-8-14(7-15(9-17)28(31)32)25-18(30)10-27-13(3)19(29(33)34)20(26-27)21(22,23)24/h4-9H,10H2,1-3H3,(H,25,30). The van der Waals surface area contributed by atoms with Crippen LogP contribution in [0.3, 0.4) is 0 Å². The highest BCUT2D eigenvalue weighted by atomic mass is 19.4. The van der Waals surface area contributed by atoms with Crippen LogP contribution >= 0.6 is 0 Å². The number of nitrogens with one attached hydrogen (secondary N) is 1. The maximum atomic E-state index is 13.1. The number of nitro benzene ring substituents is 1. The van der Waals surface area contributed by atoms with E-state index in [-0.39, 0.29) is 11.4 Å². The third-order valence-corrected chi connectivity index (χ3v) is 4.74. The van der Waals surface area contributed by atoms with Gasteiger partial charge in [-0.2, -0.15) is 18.3 Å².